The fourth-order valence-electron chi connectivity index (χ4n) is 2.20. The van der Waals surface area contributed by atoms with Gasteiger partial charge in [-0.3, -0.25) is 4.79 Å². The SMILES string of the molecule is O=C(c1ccc(Cl)cc1)c1c[nH]cc1-c1cccc(Br)c1. The molecule has 2 nitrogen and oxygen atoms in total. The zero-order valence-electron chi connectivity index (χ0n) is 10.9. The number of aromatic nitrogens is 1. The van der Waals surface area contributed by atoms with Gasteiger partial charge in [-0.15, -0.1) is 0 Å². The molecular weight excluding hydrogens is 350 g/mol. The number of rotatable bonds is 3. The van der Waals surface area contributed by atoms with Crippen LogP contribution in [0.2, 0.25) is 5.02 Å². The van der Waals surface area contributed by atoms with Crippen LogP contribution in [0.5, 0.6) is 0 Å². The Morgan fingerprint density at radius 3 is 2.52 bits per heavy atom. The summed E-state index contributed by atoms with van der Waals surface area (Å²) in [6, 6.07) is 14.8. The first-order valence-corrected chi connectivity index (χ1v) is 7.55. The van der Waals surface area contributed by atoms with E-state index < -0.39 is 0 Å². The number of hydrogen-bond donors (Lipinski definition) is 1. The van der Waals surface area contributed by atoms with Gasteiger partial charge in [-0.1, -0.05) is 39.7 Å². The monoisotopic (exact) mass is 359 g/mol. The quantitative estimate of drug-likeness (QED) is 0.629. The fraction of sp³-hybridized carbons (Fsp3) is 0. The Balaban J connectivity index is 2.03. The largest absolute Gasteiger partial charge is 0.366 e. The summed E-state index contributed by atoms with van der Waals surface area (Å²) in [5, 5.41) is 0.618. The second kappa shape index (κ2) is 5.88. The normalized spacial score (nSPS) is 10.6. The molecule has 0 atom stereocenters. The minimum atomic E-state index is -0.0251. The Bertz CT molecular complexity index is 793. The highest BCUT2D eigenvalue weighted by Gasteiger charge is 2.15. The van der Waals surface area contributed by atoms with Crippen molar-refractivity contribution in [1.82, 2.24) is 4.98 Å². The lowest BCUT2D eigenvalue weighted by molar-refractivity contribution is 0.103. The first-order chi connectivity index (χ1) is 10.1. The highest BCUT2D eigenvalue weighted by Crippen LogP contribution is 2.28. The van der Waals surface area contributed by atoms with Crippen molar-refractivity contribution in [3.8, 4) is 11.1 Å². The molecule has 3 aromatic rings. The van der Waals surface area contributed by atoms with Crippen molar-refractivity contribution < 1.29 is 4.79 Å². The molecule has 0 unspecified atom stereocenters. The maximum atomic E-state index is 12.6. The molecule has 0 aliphatic carbocycles. The Morgan fingerprint density at radius 1 is 1.05 bits per heavy atom. The van der Waals surface area contributed by atoms with Gasteiger partial charge >= 0.3 is 0 Å². The summed E-state index contributed by atoms with van der Waals surface area (Å²) < 4.78 is 0.978. The maximum Gasteiger partial charge on any atom is 0.195 e. The average Bonchev–Trinajstić information content (AvgIpc) is 2.97. The lowest BCUT2D eigenvalue weighted by Crippen LogP contribution is -2.01. The topological polar surface area (TPSA) is 32.9 Å². The first-order valence-electron chi connectivity index (χ1n) is 6.38. The molecule has 0 fully saturated rings. The van der Waals surface area contributed by atoms with Crippen molar-refractivity contribution in [3.05, 3.63) is 81.5 Å². The number of benzene rings is 2. The third kappa shape index (κ3) is 2.94. The summed E-state index contributed by atoms with van der Waals surface area (Å²) in [4.78, 5) is 15.6. The van der Waals surface area contributed by atoms with E-state index in [1.165, 1.54) is 0 Å². The highest BCUT2D eigenvalue weighted by molar-refractivity contribution is 9.10. The van der Waals surface area contributed by atoms with Gasteiger partial charge in [0.15, 0.2) is 5.78 Å². The molecule has 0 spiro atoms. The van der Waals surface area contributed by atoms with Gasteiger partial charge in [0.1, 0.15) is 0 Å². The molecule has 0 saturated heterocycles. The zero-order chi connectivity index (χ0) is 14.8. The van der Waals surface area contributed by atoms with E-state index in [2.05, 4.69) is 20.9 Å². The number of nitrogens with one attached hydrogen (secondary N) is 1. The van der Waals surface area contributed by atoms with Gasteiger partial charge in [-0.05, 0) is 42.0 Å². The molecule has 0 aliphatic heterocycles. The van der Waals surface area contributed by atoms with Crippen LogP contribution in [0.25, 0.3) is 11.1 Å². The number of hydrogen-bond acceptors (Lipinski definition) is 1. The van der Waals surface area contributed by atoms with E-state index in [0.29, 0.717) is 16.1 Å². The summed E-state index contributed by atoms with van der Waals surface area (Å²) in [6.45, 7) is 0. The molecule has 1 heterocycles. The Morgan fingerprint density at radius 2 is 1.81 bits per heavy atom. The van der Waals surface area contributed by atoms with Crippen LogP contribution in [0, 0.1) is 0 Å². The molecular formula is C17H11BrClNO. The molecule has 0 amide bonds. The fourth-order valence-corrected chi connectivity index (χ4v) is 2.73. The van der Waals surface area contributed by atoms with Crippen molar-refractivity contribution in [2.24, 2.45) is 0 Å². The Kier molecular flexibility index (Phi) is 3.95. The molecule has 4 heteroatoms. The van der Waals surface area contributed by atoms with Crippen molar-refractivity contribution in [1.29, 1.82) is 0 Å². The van der Waals surface area contributed by atoms with Gasteiger partial charge < -0.3 is 4.98 Å². The molecule has 1 aromatic heterocycles. The number of carbonyl (C=O) groups is 1. The molecule has 0 saturated carbocycles. The smallest absolute Gasteiger partial charge is 0.195 e. The first kappa shape index (κ1) is 14.1. The van der Waals surface area contributed by atoms with Gasteiger partial charge in [0.05, 0.1) is 0 Å². The van der Waals surface area contributed by atoms with Crippen LogP contribution in [0.3, 0.4) is 0 Å². The van der Waals surface area contributed by atoms with Gasteiger partial charge in [0, 0.05) is 38.6 Å². The minimum Gasteiger partial charge on any atom is -0.366 e. The second-order valence-electron chi connectivity index (χ2n) is 4.63. The van der Waals surface area contributed by atoms with Crippen molar-refractivity contribution >= 4 is 33.3 Å². The van der Waals surface area contributed by atoms with Crippen LogP contribution in [-0.2, 0) is 0 Å². The summed E-state index contributed by atoms with van der Waals surface area (Å²) in [6.07, 6.45) is 3.57. The van der Waals surface area contributed by atoms with E-state index in [4.69, 9.17) is 11.6 Å². The summed E-state index contributed by atoms with van der Waals surface area (Å²) in [5.41, 5.74) is 3.14. The molecule has 21 heavy (non-hydrogen) atoms. The average molecular weight is 361 g/mol. The van der Waals surface area contributed by atoms with E-state index in [1.807, 2.05) is 30.5 Å². The summed E-state index contributed by atoms with van der Waals surface area (Å²) in [7, 11) is 0. The van der Waals surface area contributed by atoms with Crippen LogP contribution >= 0.6 is 27.5 Å². The number of H-pyrrole nitrogens is 1. The van der Waals surface area contributed by atoms with Crippen molar-refractivity contribution in [2.45, 2.75) is 0 Å². The van der Waals surface area contributed by atoms with E-state index in [-0.39, 0.29) is 5.78 Å². The van der Waals surface area contributed by atoms with Gasteiger partial charge in [-0.25, -0.2) is 0 Å². The van der Waals surface area contributed by atoms with Gasteiger partial charge in [0.2, 0.25) is 0 Å². The van der Waals surface area contributed by atoms with E-state index in [0.717, 1.165) is 15.6 Å². The molecule has 104 valence electrons. The number of carbonyl (C=O) groups excluding carboxylic acids is 1. The number of ketones is 1. The zero-order valence-corrected chi connectivity index (χ0v) is 13.3. The van der Waals surface area contributed by atoms with Crippen molar-refractivity contribution in [2.75, 3.05) is 0 Å². The molecule has 0 radical (unpaired) electrons. The van der Waals surface area contributed by atoms with E-state index in [1.54, 1.807) is 30.5 Å². The lowest BCUT2D eigenvalue weighted by Gasteiger charge is -2.05. The predicted molar refractivity (Wildman–Crippen MR) is 88.8 cm³/mol. The molecule has 3 rings (SSSR count). The second-order valence-corrected chi connectivity index (χ2v) is 5.98. The standard InChI is InChI=1S/C17H11BrClNO/c18-13-3-1-2-12(8-13)15-9-20-10-16(15)17(21)11-4-6-14(19)7-5-11/h1-10,20H. The minimum absolute atomic E-state index is 0.0251. The maximum absolute atomic E-state index is 12.6. The predicted octanol–water partition coefficient (Wildman–Crippen LogP) is 5.33. The third-order valence-electron chi connectivity index (χ3n) is 3.23. The number of aromatic amines is 1. The van der Waals surface area contributed by atoms with E-state index in [9.17, 15) is 4.79 Å². The highest BCUT2D eigenvalue weighted by atomic mass is 79.9. The Hall–Kier alpha value is -1.84. The van der Waals surface area contributed by atoms with Crippen molar-refractivity contribution in [3.63, 3.8) is 0 Å². The van der Waals surface area contributed by atoms with E-state index >= 15 is 0 Å². The van der Waals surface area contributed by atoms with Crippen LogP contribution < -0.4 is 0 Å². The van der Waals surface area contributed by atoms with Crippen LogP contribution in [0.4, 0.5) is 0 Å². The Labute approximate surface area is 135 Å². The lowest BCUT2D eigenvalue weighted by atomic mass is 9.98. The molecule has 2 aromatic carbocycles. The summed E-state index contributed by atoms with van der Waals surface area (Å²) >= 11 is 9.32. The molecule has 0 aliphatic rings. The molecule has 0 bridgehead atoms. The van der Waals surface area contributed by atoms with Crippen LogP contribution in [-0.4, -0.2) is 10.8 Å². The van der Waals surface area contributed by atoms with Gasteiger partial charge in [-0.2, -0.15) is 0 Å². The summed E-state index contributed by atoms with van der Waals surface area (Å²) in [5.74, 6) is -0.0251. The third-order valence-corrected chi connectivity index (χ3v) is 3.98. The van der Waals surface area contributed by atoms with Crippen LogP contribution in [0.15, 0.2) is 65.4 Å². The van der Waals surface area contributed by atoms with Gasteiger partial charge in [0.25, 0.3) is 0 Å². The molecule has 1 N–H and O–H groups in total. The number of halogens is 2. The van der Waals surface area contributed by atoms with Crippen LogP contribution in [0.1, 0.15) is 15.9 Å².